The first-order valence-corrected chi connectivity index (χ1v) is 18.9. The Bertz CT molecular complexity index is 1840. The lowest BCUT2D eigenvalue weighted by Gasteiger charge is -2.31. The maximum absolute atomic E-state index is 14.3. The molecule has 7 amide bonds. The maximum Gasteiger partial charge on any atom is 0.246 e. The van der Waals surface area contributed by atoms with Gasteiger partial charge in [0.1, 0.15) is 42.3 Å². The molecule has 0 spiro atoms. The predicted molar refractivity (Wildman–Crippen MR) is 196 cm³/mol. The zero-order valence-electron chi connectivity index (χ0n) is 30.8. The molecule has 1 aromatic carbocycles. The fourth-order valence-electron chi connectivity index (χ4n) is 6.74. The van der Waals surface area contributed by atoms with E-state index in [1.807, 2.05) is 0 Å². The topological polar surface area (TPSA) is 292 Å². The Balaban J connectivity index is 1.69. The van der Waals surface area contributed by atoms with Crippen LogP contribution in [0.15, 0.2) is 29.3 Å². The van der Waals surface area contributed by atoms with Crippen LogP contribution in [0, 0.1) is 0 Å². The molecule has 0 unspecified atom stereocenters. The molecule has 3 aliphatic heterocycles. The summed E-state index contributed by atoms with van der Waals surface area (Å²) in [6.45, 7) is 4.02. The number of aliphatic hydroxyl groups is 4. The van der Waals surface area contributed by atoms with Gasteiger partial charge in [-0.05, 0) is 39.3 Å². The highest BCUT2D eigenvalue weighted by Crippen LogP contribution is 2.32. The summed E-state index contributed by atoms with van der Waals surface area (Å²) < 4.78 is 0. The Kier molecular flexibility index (Phi) is 12.8. The second-order valence-electron chi connectivity index (χ2n) is 14.6. The zero-order valence-corrected chi connectivity index (χ0v) is 31.6. The largest absolute Gasteiger partial charge is 0.393 e. The first kappa shape index (κ1) is 41.4. The molecule has 55 heavy (non-hydrogen) atoms. The number of thioether (sulfide) groups is 1. The third kappa shape index (κ3) is 9.55. The summed E-state index contributed by atoms with van der Waals surface area (Å²) in [5.74, 6) is -6.26. The molecule has 5 rings (SSSR count). The predicted octanol–water partition coefficient (Wildman–Crippen LogP) is -3.75. The monoisotopic (exact) mass is 788 g/mol. The van der Waals surface area contributed by atoms with Crippen molar-refractivity contribution in [2.24, 2.45) is 0 Å². The minimum absolute atomic E-state index is 0.170. The van der Waals surface area contributed by atoms with Crippen molar-refractivity contribution in [3.8, 4) is 0 Å². The molecule has 11 N–H and O–H groups in total. The first-order valence-electron chi connectivity index (χ1n) is 17.9. The number of rotatable bonds is 4. The van der Waals surface area contributed by atoms with Gasteiger partial charge < -0.3 is 62.2 Å². The van der Waals surface area contributed by atoms with E-state index in [9.17, 15) is 54.0 Å². The molecule has 0 radical (unpaired) electrons. The Hall–Kier alpha value is -4.76. The Morgan fingerprint density at radius 1 is 0.855 bits per heavy atom. The highest BCUT2D eigenvalue weighted by Gasteiger charge is 2.44. The Morgan fingerprint density at radius 2 is 1.49 bits per heavy atom. The van der Waals surface area contributed by atoms with Crippen molar-refractivity contribution in [2.75, 3.05) is 18.9 Å². The number of fused-ring (bicyclic) bond motifs is 5. The summed E-state index contributed by atoms with van der Waals surface area (Å²) in [6.07, 6.45) is -3.53. The second kappa shape index (κ2) is 16.9. The quantitative estimate of drug-likeness (QED) is 0.143. The van der Waals surface area contributed by atoms with Crippen LogP contribution in [0.1, 0.15) is 46.1 Å². The third-order valence-electron chi connectivity index (χ3n) is 9.87. The van der Waals surface area contributed by atoms with Crippen LogP contribution < -0.4 is 31.9 Å². The first-order chi connectivity index (χ1) is 25.9. The average Bonchev–Trinajstić information content (AvgIpc) is 3.69. The minimum Gasteiger partial charge on any atom is -0.393 e. The molecule has 2 aromatic rings. The normalized spacial score (nSPS) is 30.8. The Labute approximate surface area is 320 Å². The minimum atomic E-state index is -1.90. The summed E-state index contributed by atoms with van der Waals surface area (Å²) in [4.78, 5) is 101. The highest BCUT2D eigenvalue weighted by atomic mass is 32.2. The highest BCUT2D eigenvalue weighted by molar-refractivity contribution is 7.99. The molecule has 1 fully saturated rings. The van der Waals surface area contributed by atoms with Gasteiger partial charge in [-0.2, -0.15) is 0 Å². The van der Waals surface area contributed by atoms with Crippen molar-refractivity contribution in [3.63, 3.8) is 0 Å². The molecule has 2 bridgehead atoms. The van der Waals surface area contributed by atoms with Crippen molar-refractivity contribution >= 4 is 64.0 Å². The lowest BCUT2D eigenvalue weighted by Crippen LogP contribution is -2.61. The van der Waals surface area contributed by atoms with E-state index in [1.165, 1.54) is 27.7 Å². The molecule has 4 heterocycles. The van der Waals surface area contributed by atoms with Crippen molar-refractivity contribution in [2.45, 2.75) is 112 Å². The van der Waals surface area contributed by atoms with Gasteiger partial charge in [-0.3, -0.25) is 33.6 Å². The number of aromatic nitrogens is 1. The molecule has 0 saturated carbocycles. The number of para-hydroxylation sites is 1. The number of hydrogen-bond acceptors (Lipinski definition) is 12. The zero-order chi connectivity index (χ0) is 40.4. The molecule has 3 aliphatic rings. The fourth-order valence-corrected chi connectivity index (χ4v) is 7.85. The number of benzene rings is 1. The lowest BCUT2D eigenvalue weighted by molar-refractivity contribution is -0.142. The lowest BCUT2D eigenvalue weighted by atomic mass is 9.96. The van der Waals surface area contributed by atoms with Crippen LogP contribution in [0.25, 0.3) is 10.9 Å². The van der Waals surface area contributed by atoms with Gasteiger partial charge in [0.2, 0.25) is 41.4 Å². The van der Waals surface area contributed by atoms with E-state index in [0.29, 0.717) is 21.5 Å². The molecule has 1 aromatic heterocycles. The average molecular weight is 789 g/mol. The molecule has 19 nitrogen and oxygen atoms in total. The van der Waals surface area contributed by atoms with E-state index in [1.54, 1.807) is 24.3 Å². The number of aromatic amines is 1. The molecular formula is C35H48N8O11S. The van der Waals surface area contributed by atoms with Gasteiger partial charge in [0.25, 0.3) is 0 Å². The van der Waals surface area contributed by atoms with E-state index >= 15 is 0 Å². The van der Waals surface area contributed by atoms with Crippen molar-refractivity contribution in [1.82, 2.24) is 41.8 Å². The maximum atomic E-state index is 14.3. The van der Waals surface area contributed by atoms with Crippen LogP contribution in [-0.2, 0) is 40.0 Å². The van der Waals surface area contributed by atoms with Gasteiger partial charge in [-0.25, -0.2) is 0 Å². The number of hydrogen-bond donors (Lipinski definition) is 11. The summed E-state index contributed by atoms with van der Waals surface area (Å²) in [6, 6.07) is -2.86. The third-order valence-corrected chi connectivity index (χ3v) is 11.0. The van der Waals surface area contributed by atoms with E-state index in [-0.39, 0.29) is 25.1 Å². The number of nitrogens with zero attached hydrogens (tertiary/aromatic N) is 1. The summed E-state index contributed by atoms with van der Waals surface area (Å²) in [7, 11) is 0. The summed E-state index contributed by atoms with van der Waals surface area (Å²) in [5, 5.41) is 58.1. The van der Waals surface area contributed by atoms with E-state index in [2.05, 4.69) is 36.9 Å². The number of aliphatic hydroxyl groups excluding tert-OH is 3. The van der Waals surface area contributed by atoms with Crippen LogP contribution in [0.5, 0.6) is 0 Å². The van der Waals surface area contributed by atoms with Gasteiger partial charge >= 0.3 is 0 Å². The van der Waals surface area contributed by atoms with E-state index < -0.39 is 114 Å². The smallest absolute Gasteiger partial charge is 0.246 e. The van der Waals surface area contributed by atoms with Crippen LogP contribution in [0.2, 0.25) is 0 Å². The van der Waals surface area contributed by atoms with Crippen LogP contribution in [-0.4, -0.2) is 151 Å². The van der Waals surface area contributed by atoms with Gasteiger partial charge in [0.05, 0.1) is 29.4 Å². The van der Waals surface area contributed by atoms with E-state index in [4.69, 9.17) is 0 Å². The van der Waals surface area contributed by atoms with Gasteiger partial charge in [-0.15, -0.1) is 11.8 Å². The van der Waals surface area contributed by atoms with Gasteiger partial charge in [-0.1, -0.05) is 18.2 Å². The SMILES string of the molecule is C[C@@H]1NC(=O)[C@H](C[C@@](C)(O)CO)NC(=O)[C@@H]2Cc3c([nH]c4ccccc34)SC[C@H](NC(=O)[C@H]([C@H](C)O)NC1=O)C(=O)N1C[C@H](O)C[C@H]1C(=O)N[C@@H](C)C(=O)N2. The summed E-state index contributed by atoms with van der Waals surface area (Å²) in [5.41, 5.74) is -0.741. The van der Waals surface area contributed by atoms with Crippen molar-refractivity contribution < 1.29 is 54.0 Å². The second-order valence-corrected chi connectivity index (χ2v) is 15.6. The standard InChI is InChI=1S/C35H48N8O11S/c1-15-27(47)38-22-10-20-19-7-5-6-8-21(19)41-33(20)55-13-24(34(53)43-12-18(46)9-25(43)31(51)37-15)40-32(52)26(17(3)45)42-28(48)16(2)36-30(50)23(39-29(22)49)11-35(4,54)14-44/h5-8,15-18,22-26,41,44-46,54H,9-14H2,1-4H3,(H,36,50)(H,37,51)(H,38,47)(H,39,49)(H,40,52)(H,42,48)/t15-,16-,17-,18+,22-,23-,24-,25-,26-,35+/m0/s1. The van der Waals surface area contributed by atoms with E-state index in [0.717, 1.165) is 16.7 Å². The summed E-state index contributed by atoms with van der Waals surface area (Å²) >= 11 is 1.08. The number of carbonyl (C=O) groups is 7. The van der Waals surface area contributed by atoms with Crippen LogP contribution in [0.4, 0.5) is 0 Å². The number of carbonyl (C=O) groups excluding carboxylic acids is 7. The number of amides is 7. The van der Waals surface area contributed by atoms with Gasteiger partial charge in [0, 0.05) is 42.5 Å². The van der Waals surface area contributed by atoms with Gasteiger partial charge in [0.15, 0.2) is 0 Å². The molecule has 1 saturated heterocycles. The molecule has 300 valence electrons. The van der Waals surface area contributed by atoms with Crippen molar-refractivity contribution in [3.05, 3.63) is 29.8 Å². The van der Waals surface area contributed by atoms with Crippen LogP contribution in [0.3, 0.4) is 0 Å². The molecule has 20 heteroatoms. The molecular weight excluding hydrogens is 740 g/mol. The number of H-pyrrole nitrogens is 1. The fraction of sp³-hybridized carbons (Fsp3) is 0.571. The Morgan fingerprint density at radius 3 is 2.16 bits per heavy atom. The molecule has 10 atom stereocenters. The molecule has 0 aliphatic carbocycles. The van der Waals surface area contributed by atoms with Crippen molar-refractivity contribution in [1.29, 1.82) is 0 Å². The number of nitrogens with one attached hydrogen (secondary N) is 7. The van der Waals surface area contributed by atoms with Crippen LogP contribution >= 0.6 is 11.8 Å².